The van der Waals surface area contributed by atoms with Crippen LogP contribution in [0, 0.1) is 5.41 Å². The molecular weight excluding hydrogens is 488 g/mol. The minimum atomic E-state index is -0.577. The molecule has 0 spiro atoms. The number of ether oxygens (including phenoxy) is 1. The minimum Gasteiger partial charge on any atom is -0.497 e. The highest BCUT2D eigenvalue weighted by atomic mass is 79.9. The van der Waals surface area contributed by atoms with Crippen LogP contribution < -0.4 is 9.64 Å². The number of fused-ring (bicyclic) bond motifs is 1. The van der Waals surface area contributed by atoms with E-state index in [1.807, 2.05) is 36.5 Å². The van der Waals surface area contributed by atoms with Crippen LogP contribution in [-0.4, -0.2) is 17.9 Å². The molecule has 0 amide bonds. The Bertz CT molecular complexity index is 1300. The van der Waals surface area contributed by atoms with Crippen molar-refractivity contribution in [2.24, 2.45) is 5.41 Å². The molecule has 3 aromatic rings. The van der Waals surface area contributed by atoms with Crippen molar-refractivity contribution in [3.05, 3.63) is 99.3 Å². The van der Waals surface area contributed by atoms with E-state index in [0.717, 1.165) is 50.4 Å². The first kappa shape index (κ1) is 22.9. The molecule has 0 radical (unpaired) electrons. The lowest BCUT2D eigenvalue weighted by molar-refractivity contribution is -0.118. The number of anilines is 1. The smallest absolute Gasteiger partial charge is 0.162 e. The highest BCUT2D eigenvalue weighted by molar-refractivity contribution is 9.10. The summed E-state index contributed by atoms with van der Waals surface area (Å²) in [4.78, 5) is 21.0. The van der Waals surface area contributed by atoms with Crippen molar-refractivity contribution in [1.82, 2.24) is 4.98 Å². The Morgan fingerprint density at radius 1 is 1.03 bits per heavy atom. The van der Waals surface area contributed by atoms with Crippen LogP contribution in [-0.2, 0) is 16.8 Å². The predicted molar refractivity (Wildman–Crippen MR) is 139 cm³/mol. The number of aromatic nitrogens is 1. The first-order valence-corrected chi connectivity index (χ1v) is 12.4. The summed E-state index contributed by atoms with van der Waals surface area (Å²) in [5.41, 5.74) is 4.61. The molecule has 5 rings (SSSR count). The number of Topliss-reactive ketones (excluding diaryl/α,β-unsaturated/α-hetero) is 1. The summed E-state index contributed by atoms with van der Waals surface area (Å²) < 4.78 is 6.35. The van der Waals surface area contributed by atoms with E-state index in [-0.39, 0.29) is 11.2 Å². The third kappa shape index (κ3) is 3.76. The number of hydrogen-bond donors (Lipinski definition) is 0. The van der Waals surface area contributed by atoms with Gasteiger partial charge in [0.15, 0.2) is 5.78 Å². The lowest BCUT2D eigenvalue weighted by atomic mass is 9.61. The van der Waals surface area contributed by atoms with Gasteiger partial charge in [0.1, 0.15) is 11.6 Å². The van der Waals surface area contributed by atoms with Gasteiger partial charge in [-0.25, -0.2) is 4.98 Å². The van der Waals surface area contributed by atoms with Crippen LogP contribution in [0.2, 0.25) is 0 Å². The van der Waals surface area contributed by atoms with Crippen molar-refractivity contribution < 1.29 is 9.53 Å². The van der Waals surface area contributed by atoms with Gasteiger partial charge in [-0.15, -0.1) is 0 Å². The molecule has 1 unspecified atom stereocenters. The van der Waals surface area contributed by atoms with E-state index in [1.54, 1.807) is 7.11 Å². The third-order valence-electron chi connectivity index (χ3n) is 7.16. The second kappa shape index (κ2) is 8.38. The number of hydrogen-bond acceptors (Lipinski definition) is 4. The molecule has 1 aliphatic carbocycles. The van der Waals surface area contributed by atoms with Gasteiger partial charge in [0, 0.05) is 40.5 Å². The van der Waals surface area contributed by atoms with Crippen LogP contribution in [0.5, 0.6) is 5.75 Å². The number of rotatable bonds is 4. The molecule has 4 nitrogen and oxygen atoms in total. The molecule has 5 heteroatoms. The molecule has 0 fully saturated rings. The van der Waals surface area contributed by atoms with Crippen molar-refractivity contribution in [1.29, 1.82) is 0 Å². The molecule has 174 valence electrons. The second-order valence-electron chi connectivity index (χ2n) is 10.2. The highest BCUT2D eigenvalue weighted by Crippen LogP contribution is 2.54. The molecule has 34 heavy (non-hydrogen) atoms. The van der Waals surface area contributed by atoms with Crippen molar-refractivity contribution in [2.75, 3.05) is 12.0 Å². The zero-order valence-corrected chi connectivity index (χ0v) is 21.6. The van der Waals surface area contributed by atoms with Gasteiger partial charge in [-0.1, -0.05) is 60.1 Å². The number of allylic oxidation sites excluding steroid dienone is 2. The lowest BCUT2D eigenvalue weighted by Crippen LogP contribution is -2.46. The van der Waals surface area contributed by atoms with Crippen LogP contribution in [0.15, 0.2) is 82.6 Å². The molecule has 2 aromatic carbocycles. The van der Waals surface area contributed by atoms with Gasteiger partial charge in [0.25, 0.3) is 0 Å². The Morgan fingerprint density at radius 3 is 2.50 bits per heavy atom. The maximum Gasteiger partial charge on any atom is 0.162 e. The topological polar surface area (TPSA) is 42.4 Å². The number of methoxy groups -OCH3 is 1. The van der Waals surface area contributed by atoms with Crippen LogP contribution in [0.3, 0.4) is 0 Å². The number of benzene rings is 2. The van der Waals surface area contributed by atoms with E-state index in [2.05, 4.69) is 71.9 Å². The van der Waals surface area contributed by atoms with Gasteiger partial charge in [-0.2, -0.15) is 0 Å². The molecule has 1 aromatic heterocycles. The quantitative estimate of drug-likeness (QED) is 0.381. The molecule has 0 N–H and O–H groups in total. The fraction of sp³-hybridized carbons (Fsp3) is 0.310. The summed E-state index contributed by atoms with van der Waals surface area (Å²) in [5.74, 6) is 1.98. The molecular formula is C29H29BrN2O2. The number of nitrogens with zero attached hydrogens (tertiary/aromatic N) is 2. The molecule has 1 aliphatic heterocycles. The van der Waals surface area contributed by atoms with Gasteiger partial charge in [0.2, 0.25) is 0 Å². The fourth-order valence-electron chi connectivity index (χ4n) is 5.53. The number of carbonyl (C=O) groups is 1. The highest BCUT2D eigenvalue weighted by Gasteiger charge is 2.50. The molecule has 0 saturated carbocycles. The summed E-state index contributed by atoms with van der Waals surface area (Å²) in [7, 11) is 1.68. The second-order valence-corrected chi connectivity index (χ2v) is 11.1. The van der Waals surface area contributed by atoms with E-state index < -0.39 is 5.41 Å². The molecule has 0 saturated heterocycles. The maximum absolute atomic E-state index is 13.9. The van der Waals surface area contributed by atoms with E-state index in [4.69, 9.17) is 9.72 Å². The lowest BCUT2D eigenvalue weighted by Gasteiger charge is -2.48. The Hall–Kier alpha value is -2.92. The van der Waals surface area contributed by atoms with Gasteiger partial charge in [0.05, 0.1) is 12.5 Å². The number of halogens is 1. The summed E-state index contributed by atoms with van der Waals surface area (Å²) in [6, 6.07) is 20.6. The first-order chi connectivity index (χ1) is 16.2. The summed E-state index contributed by atoms with van der Waals surface area (Å²) >= 11 is 3.64. The van der Waals surface area contributed by atoms with Crippen molar-refractivity contribution in [2.45, 2.75) is 45.6 Å². The summed E-state index contributed by atoms with van der Waals surface area (Å²) in [6.07, 6.45) is 3.22. The van der Waals surface area contributed by atoms with Crippen molar-refractivity contribution in [3.8, 4) is 5.75 Å². The zero-order chi connectivity index (χ0) is 24.1. The van der Waals surface area contributed by atoms with Gasteiger partial charge < -0.3 is 9.64 Å². The van der Waals surface area contributed by atoms with Crippen LogP contribution in [0.4, 0.5) is 5.82 Å². The minimum absolute atomic E-state index is 0.113. The van der Waals surface area contributed by atoms with Crippen molar-refractivity contribution in [3.63, 3.8) is 0 Å². The first-order valence-electron chi connectivity index (χ1n) is 11.6. The number of ketones is 1. The number of carbonyl (C=O) groups excluding carboxylic acids is 1. The Kier molecular flexibility index (Phi) is 5.64. The molecule has 2 aliphatic rings. The van der Waals surface area contributed by atoms with Gasteiger partial charge >= 0.3 is 0 Å². The van der Waals surface area contributed by atoms with E-state index >= 15 is 0 Å². The van der Waals surface area contributed by atoms with Crippen molar-refractivity contribution >= 4 is 27.5 Å². The zero-order valence-electron chi connectivity index (χ0n) is 20.1. The summed E-state index contributed by atoms with van der Waals surface area (Å²) in [5, 5.41) is 0. The standard InChI is InChI=1S/C29H29BrN2O2/c1-28(2)16-24-26(25(33)17-28)29(3,20-7-5-8-21(30)15-20)23-9-6-14-31-27(23)32(24)18-19-10-12-22(34-4)13-11-19/h5-15H,16-18H2,1-4H3. The van der Waals surface area contributed by atoms with Crippen LogP contribution >= 0.6 is 15.9 Å². The average Bonchev–Trinajstić information content (AvgIpc) is 2.81. The van der Waals surface area contributed by atoms with Gasteiger partial charge in [-0.3, -0.25) is 4.79 Å². The predicted octanol–water partition coefficient (Wildman–Crippen LogP) is 6.82. The summed E-state index contributed by atoms with van der Waals surface area (Å²) in [6.45, 7) is 7.20. The average molecular weight is 517 g/mol. The Labute approximate surface area is 209 Å². The molecule has 0 bridgehead atoms. The monoisotopic (exact) mass is 516 g/mol. The number of pyridine rings is 1. The van der Waals surface area contributed by atoms with Crippen LogP contribution in [0.25, 0.3) is 0 Å². The Morgan fingerprint density at radius 2 is 1.79 bits per heavy atom. The van der Waals surface area contributed by atoms with E-state index in [1.165, 1.54) is 0 Å². The SMILES string of the molecule is COc1ccc(CN2C3=C(C(=O)CC(C)(C)C3)C(C)(c3cccc(Br)c3)c3cccnc32)cc1. The molecule has 2 heterocycles. The maximum atomic E-state index is 13.9. The largest absolute Gasteiger partial charge is 0.497 e. The normalized spacial score (nSPS) is 21.2. The molecule has 1 atom stereocenters. The Balaban J connectivity index is 1.75. The third-order valence-corrected chi connectivity index (χ3v) is 7.65. The van der Waals surface area contributed by atoms with E-state index in [0.29, 0.717) is 13.0 Å². The van der Waals surface area contributed by atoms with Gasteiger partial charge in [-0.05, 0) is 60.2 Å². The van der Waals surface area contributed by atoms with Crippen LogP contribution in [0.1, 0.15) is 50.3 Å². The van der Waals surface area contributed by atoms with E-state index in [9.17, 15) is 4.79 Å². The fourth-order valence-corrected chi connectivity index (χ4v) is 5.93.